The smallest absolute Gasteiger partial charge is 0.0953 e. The molecule has 2 aliphatic rings. The maximum absolute atomic E-state index is 4.45. The molecule has 0 radical (unpaired) electrons. The van der Waals surface area contributed by atoms with Crippen LogP contribution in [0.1, 0.15) is 43.7 Å². The number of rotatable bonds is 2. The number of aryl methyl sites for hydroxylation is 1. The number of nitrogens with zero attached hydrogens (tertiary/aromatic N) is 2. The third-order valence-electron chi connectivity index (χ3n) is 5.40. The van der Waals surface area contributed by atoms with Crippen LogP contribution in [0, 0.1) is 6.92 Å². The number of hydrogen-bond acceptors (Lipinski definition) is 2. The number of imidazole rings is 1. The van der Waals surface area contributed by atoms with Gasteiger partial charge in [-0.1, -0.05) is 24.3 Å². The number of nitrogens with one attached hydrogen (secondary N) is 1. The number of benzene rings is 1. The lowest BCUT2D eigenvalue weighted by molar-refractivity contribution is 0.110. The SMILES string of the molecule is Cc1ccccc1-c1cncn1C1CCNC2(CCC2)C1. The molecule has 1 aromatic carbocycles. The van der Waals surface area contributed by atoms with Gasteiger partial charge in [0.1, 0.15) is 0 Å². The average molecular weight is 281 g/mol. The minimum atomic E-state index is 0.427. The fourth-order valence-corrected chi connectivity index (χ4v) is 4.02. The molecule has 1 atom stereocenters. The monoisotopic (exact) mass is 281 g/mol. The summed E-state index contributed by atoms with van der Waals surface area (Å²) in [6, 6.07) is 9.21. The third-order valence-corrected chi connectivity index (χ3v) is 5.40. The first-order valence-corrected chi connectivity index (χ1v) is 8.10. The van der Waals surface area contributed by atoms with Crippen LogP contribution in [0.2, 0.25) is 0 Å². The van der Waals surface area contributed by atoms with Crippen molar-refractivity contribution in [2.75, 3.05) is 6.54 Å². The molecule has 1 aliphatic carbocycles. The van der Waals surface area contributed by atoms with Crippen molar-refractivity contribution in [1.82, 2.24) is 14.9 Å². The molecular weight excluding hydrogens is 258 g/mol. The zero-order valence-electron chi connectivity index (χ0n) is 12.7. The minimum Gasteiger partial charge on any atom is -0.327 e. The van der Waals surface area contributed by atoms with Crippen LogP contribution in [0.15, 0.2) is 36.8 Å². The molecule has 2 fully saturated rings. The van der Waals surface area contributed by atoms with Gasteiger partial charge in [-0.25, -0.2) is 4.98 Å². The molecular formula is C18H23N3. The van der Waals surface area contributed by atoms with Gasteiger partial charge in [-0.2, -0.15) is 0 Å². The molecule has 2 aromatic rings. The highest BCUT2D eigenvalue weighted by Gasteiger charge is 2.41. The zero-order valence-corrected chi connectivity index (χ0v) is 12.7. The van der Waals surface area contributed by atoms with Crippen molar-refractivity contribution in [2.45, 2.75) is 50.6 Å². The van der Waals surface area contributed by atoms with Crippen LogP contribution >= 0.6 is 0 Å². The Kier molecular flexibility index (Phi) is 3.11. The van der Waals surface area contributed by atoms with Crippen LogP contribution in [0.4, 0.5) is 0 Å². The predicted molar refractivity (Wildman–Crippen MR) is 85.3 cm³/mol. The van der Waals surface area contributed by atoms with Crippen LogP contribution in [0.5, 0.6) is 0 Å². The Bertz CT molecular complexity index is 639. The van der Waals surface area contributed by atoms with Crippen LogP contribution in [-0.4, -0.2) is 21.6 Å². The zero-order chi connectivity index (χ0) is 14.3. The van der Waals surface area contributed by atoms with Gasteiger partial charge in [-0.15, -0.1) is 0 Å². The lowest BCUT2D eigenvalue weighted by Gasteiger charge is -2.48. The molecule has 0 bridgehead atoms. The summed E-state index contributed by atoms with van der Waals surface area (Å²) in [7, 11) is 0. The summed E-state index contributed by atoms with van der Waals surface area (Å²) in [5, 5.41) is 3.76. The summed E-state index contributed by atoms with van der Waals surface area (Å²) in [6.07, 6.45) is 10.6. The first-order valence-electron chi connectivity index (χ1n) is 8.10. The molecule has 3 heteroatoms. The topological polar surface area (TPSA) is 29.9 Å². The van der Waals surface area contributed by atoms with Crippen LogP contribution in [0.3, 0.4) is 0 Å². The van der Waals surface area contributed by atoms with E-state index < -0.39 is 0 Å². The van der Waals surface area contributed by atoms with E-state index in [0.29, 0.717) is 11.6 Å². The molecule has 1 unspecified atom stereocenters. The molecule has 21 heavy (non-hydrogen) atoms. The van der Waals surface area contributed by atoms with E-state index in [1.807, 2.05) is 12.5 Å². The van der Waals surface area contributed by atoms with Crippen molar-refractivity contribution < 1.29 is 0 Å². The molecule has 1 N–H and O–H groups in total. The Morgan fingerprint density at radius 1 is 1.29 bits per heavy atom. The highest BCUT2D eigenvalue weighted by atomic mass is 15.1. The number of hydrogen-bond donors (Lipinski definition) is 1. The Morgan fingerprint density at radius 2 is 2.14 bits per heavy atom. The molecule has 0 amide bonds. The van der Waals surface area contributed by atoms with Crippen molar-refractivity contribution >= 4 is 0 Å². The standard InChI is InChI=1S/C18H23N3/c1-14-5-2-3-6-16(14)17-12-19-13-21(17)15-7-10-20-18(11-15)8-4-9-18/h2-3,5-6,12-13,15,20H,4,7-11H2,1H3. The van der Waals surface area contributed by atoms with Crippen LogP contribution in [-0.2, 0) is 0 Å². The largest absolute Gasteiger partial charge is 0.327 e. The second kappa shape index (κ2) is 4.99. The summed E-state index contributed by atoms with van der Waals surface area (Å²) in [4.78, 5) is 4.45. The first kappa shape index (κ1) is 13.1. The normalized spacial score (nSPS) is 24.0. The van der Waals surface area contributed by atoms with Gasteiger partial charge < -0.3 is 9.88 Å². The summed E-state index contributed by atoms with van der Waals surface area (Å²) >= 11 is 0. The molecule has 1 saturated carbocycles. The maximum Gasteiger partial charge on any atom is 0.0953 e. The number of aromatic nitrogens is 2. The van der Waals surface area contributed by atoms with Crippen molar-refractivity contribution in [1.29, 1.82) is 0 Å². The van der Waals surface area contributed by atoms with Crippen molar-refractivity contribution in [2.24, 2.45) is 0 Å². The summed E-state index contributed by atoms with van der Waals surface area (Å²) in [5.41, 5.74) is 4.34. The molecule has 1 spiro atoms. The lowest BCUT2D eigenvalue weighted by Crippen LogP contribution is -2.55. The molecule has 1 saturated heterocycles. The van der Waals surface area contributed by atoms with Gasteiger partial charge >= 0.3 is 0 Å². The quantitative estimate of drug-likeness (QED) is 0.909. The van der Waals surface area contributed by atoms with Crippen molar-refractivity contribution in [3.05, 3.63) is 42.4 Å². The van der Waals surface area contributed by atoms with Crippen molar-refractivity contribution in [3.63, 3.8) is 0 Å². The lowest BCUT2D eigenvalue weighted by atomic mass is 9.70. The molecule has 4 rings (SSSR count). The van der Waals surface area contributed by atoms with E-state index in [1.54, 1.807) is 0 Å². The minimum absolute atomic E-state index is 0.427. The average Bonchev–Trinajstić information content (AvgIpc) is 2.95. The highest BCUT2D eigenvalue weighted by Crippen LogP contribution is 2.43. The molecule has 1 aromatic heterocycles. The van der Waals surface area contributed by atoms with E-state index in [0.717, 1.165) is 6.54 Å². The molecule has 110 valence electrons. The second-order valence-corrected chi connectivity index (χ2v) is 6.71. The van der Waals surface area contributed by atoms with Crippen LogP contribution < -0.4 is 5.32 Å². The van der Waals surface area contributed by atoms with E-state index in [2.05, 4.69) is 46.1 Å². The van der Waals surface area contributed by atoms with Gasteiger partial charge in [0, 0.05) is 17.1 Å². The number of piperidine rings is 1. The maximum atomic E-state index is 4.45. The Hall–Kier alpha value is -1.61. The molecule has 3 nitrogen and oxygen atoms in total. The van der Waals surface area contributed by atoms with Gasteiger partial charge in [0.15, 0.2) is 0 Å². The van der Waals surface area contributed by atoms with E-state index >= 15 is 0 Å². The highest BCUT2D eigenvalue weighted by molar-refractivity contribution is 5.63. The van der Waals surface area contributed by atoms with E-state index in [-0.39, 0.29) is 0 Å². The first-order chi connectivity index (χ1) is 10.3. The van der Waals surface area contributed by atoms with Crippen molar-refractivity contribution in [3.8, 4) is 11.3 Å². The molecule has 2 heterocycles. The second-order valence-electron chi connectivity index (χ2n) is 6.71. The van der Waals surface area contributed by atoms with Gasteiger partial charge in [-0.05, 0) is 51.1 Å². The third kappa shape index (κ3) is 2.20. The summed E-state index contributed by atoms with van der Waals surface area (Å²) < 4.78 is 2.42. The Morgan fingerprint density at radius 3 is 2.90 bits per heavy atom. The fraction of sp³-hybridized carbons (Fsp3) is 0.500. The van der Waals surface area contributed by atoms with Gasteiger partial charge in [0.05, 0.1) is 18.2 Å². The predicted octanol–water partition coefficient (Wildman–Crippen LogP) is 3.71. The van der Waals surface area contributed by atoms with Gasteiger partial charge in [0.2, 0.25) is 0 Å². The van der Waals surface area contributed by atoms with E-state index in [4.69, 9.17) is 0 Å². The fourth-order valence-electron chi connectivity index (χ4n) is 4.02. The summed E-state index contributed by atoms with van der Waals surface area (Å²) in [6.45, 7) is 3.32. The Labute approximate surface area is 126 Å². The summed E-state index contributed by atoms with van der Waals surface area (Å²) in [5.74, 6) is 0. The van der Waals surface area contributed by atoms with Crippen LogP contribution in [0.25, 0.3) is 11.3 Å². The molecule has 1 aliphatic heterocycles. The van der Waals surface area contributed by atoms with Gasteiger partial charge in [0.25, 0.3) is 0 Å². The van der Waals surface area contributed by atoms with Gasteiger partial charge in [-0.3, -0.25) is 0 Å². The van der Waals surface area contributed by atoms with E-state index in [1.165, 1.54) is 48.9 Å². The van der Waals surface area contributed by atoms with E-state index in [9.17, 15) is 0 Å². The Balaban J connectivity index is 1.67.